The molecule has 0 aliphatic carbocycles. The Labute approximate surface area is 172 Å². The number of carbonyl (C=O) groups excluding carboxylic acids is 1. The number of piperidine rings is 1. The van der Waals surface area contributed by atoms with E-state index in [0.717, 1.165) is 43.7 Å². The van der Waals surface area contributed by atoms with Gasteiger partial charge in [0, 0.05) is 31.1 Å². The van der Waals surface area contributed by atoms with Crippen molar-refractivity contribution >= 4 is 24.3 Å². The van der Waals surface area contributed by atoms with E-state index in [1.807, 2.05) is 43.1 Å². The van der Waals surface area contributed by atoms with Crippen molar-refractivity contribution in [2.45, 2.75) is 44.3 Å². The van der Waals surface area contributed by atoms with Crippen LogP contribution in [0.1, 0.15) is 37.8 Å². The van der Waals surface area contributed by atoms with Crippen molar-refractivity contribution in [3.63, 3.8) is 0 Å². The van der Waals surface area contributed by atoms with Crippen LogP contribution in [0, 0.1) is 0 Å². The molecule has 0 bridgehead atoms. The van der Waals surface area contributed by atoms with Gasteiger partial charge in [0.15, 0.2) is 0 Å². The van der Waals surface area contributed by atoms with Crippen molar-refractivity contribution in [1.82, 2.24) is 15.1 Å². The first-order valence-corrected chi connectivity index (χ1v) is 9.64. The summed E-state index contributed by atoms with van der Waals surface area (Å²) in [6.07, 6.45) is 2.53. The summed E-state index contributed by atoms with van der Waals surface area (Å²) in [7, 11) is 1.85. The number of rotatable bonds is 6. The summed E-state index contributed by atoms with van der Waals surface area (Å²) in [5.41, 5.74) is 1.04. The Bertz CT molecular complexity index is 679. The molecule has 3 rings (SSSR count). The molecular weight excluding hydrogens is 382 g/mol. The zero-order valence-electron chi connectivity index (χ0n) is 16.5. The molecule has 1 aromatic carbocycles. The van der Waals surface area contributed by atoms with Crippen LogP contribution in [-0.4, -0.2) is 72.2 Å². The van der Waals surface area contributed by atoms with E-state index < -0.39 is 5.97 Å². The molecule has 156 valence electrons. The fourth-order valence-corrected chi connectivity index (χ4v) is 4.01. The van der Waals surface area contributed by atoms with Gasteiger partial charge in [0.05, 0.1) is 25.2 Å². The third kappa shape index (κ3) is 5.37. The number of ether oxygens (including phenoxy) is 1. The average molecular weight is 412 g/mol. The number of likely N-dealkylation sites (tertiary alicyclic amines) is 1. The molecule has 1 aromatic rings. The molecule has 0 saturated carbocycles. The van der Waals surface area contributed by atoms with Gasteiger partial charge in [-0.05, 0) is 32.9 Å². The van der Waals surface area contributed by atoms with E-state index in [1.54, 1.807) is 0 Å². The van der Waals surface area contributed by atoms with E-state index in [0.29, 0.717) is 6.61 Å². The molecule has 2 N–H and O–H groups in total. The lowest BCUT2D eigenvalue weighted by molar-refractivity contribution is -0.138. The van der Waals surface area contributed by atoms with Crippen molar-refractivity contribution in [2.75, 3.05) is 33.3 Å². The highest BCUT2D eigenvalue weighted by Gasteiger charge is 2.30. The first kappa shape index (κ1) is 22.5. The second-order valence-corrected chi connectivity index (χ2v) is 7.49. The van der Waals surface area contributed by atoms with Crippen LogP contribution in [0.3, 0.4) is 0 Å². The number of benzene rings is 1. The minimum Gasteiger partial charge on any atom is -0.493 e. The van der Waals surface area contributed by atoms with E-state index in [1.165, 1.54) is 0 Å². The fraction of sp³-hybridized carbons (Fsp3) is 0.600. The summed E-state index contributed by atoms with van der Waals surface area (Å²) in [4.78, 5) is 27.8. The number of likely N-dealkylation sites (N-methyl/N-ethyl adjacent to an activating group) is 1. The number of carboxylic acids is 1. The second kappa shape index (κ2) is 10.1. The molecular formula is C20H30ClN3O4. The van der Waals surface area contributed by atoms with Gasteiger partial charge in [-0.15, -0.1) is 12.4 Å². The number of amides is 1. The first-order valence-electron chi connectivity index (χ1n) is 9.64. The Morgan fingerprint density at radius 2 is 1.96 bits per heavy atom. The molecule has 0 radical (unpaired) electrons. The molecule has 2 heterocycles. The third-order valence-corrected chi connectivity index (χ3v) is 5.71. The summed E-state index contributed by atoms with van der Waals surface area (Å²) in [5, 5.41) is 12.1. The molecule has 2 aliphatic rings. The quantitative estimate of drug-likeness (QED) is 0.744. The van der Waals surface area contributed by atoms with Crippen molar-refractivity contribution in [3.8, 4) is 5.75 Å². The molecule has 1 saturated heterocycles. The molecule has 28 heavy (non-hydrogen) atoms. The predicted octanol–water partition coefficient (Wildman–Crippen LogP) is 1.92. The summed E-state index contributed by atoms with van der Waals surface area (Å²) in [5.74, 6) is 0.0856. The van der Waals surface area contributed by atoms with Gasteiger partial charge < -0.3 is 15.2 Å². The molecule has 2 atom stereocenters. The van der Waals surface area contributed by atoms with Crippen LogP contribution >= 0.6 is 12.4 Å². The van der Waals surface area contributed by atoms with E-state index in [4.69, 9.17) is 9.84 Å². The molecule has 0 aromatic heterocycles. The highest BCUT2D eigenvalue weighted by Crippen LogP contribution is 2.31. The Morgan fingerprint density at radius 1 is 1.29 bits per heavy atom. The molecule has 8 heteroatoms. The van der Waals surface area contributed by atoms with Crippen LogP contribution in [0.2, 0.25) is 0 Å². The third-order valence-electron chi connectivity index (χ3n) is 5.71. The lowest BCUT2D eigenvalue weighted by atomic mass is 9.99. The van der Waals surface area contributed by atoms with E-state index >= 15 is 0 Å². The van der Waals surface area contributed by atoms with Crippen molar-refractivity contribution in [3.05, 3.63) is 29.8 Å². The van der Waals surface area contributed by atoms with Crippen molar-refractivity contribution in [1.29, 1.82) is 0 Å². The number of carbonyl (C=O) groups is 2. The van der Waals surface area contributed by atoms with E-state index in [-0.39, 0.29) is 43.0 Å². The van der Waals surface area contributed by atoms with Crippen LogP contribution < -0.4 is 10.1 Å². The van der Waals surface area contributed by atoms with Gasteiger partial charge in [0.1, 0.15) is 5.75 Å². The molecule has 2 aliphatic heterocycles. The fourth-order valence-electron chi connectivity index (χ4n) is 4.01. The SMILES string of the molecule is CC(C(=O)NC1CCOc2ccccc21)N1CCC(N(C)CC(=O)O)CC1.Cl. The largest absolute Gasteiger partial charge is 0.493 e. The molecule has 1 fully saturated rings. The molecule has 0 spiro atoms. The molecule has 2 unspecified atom stereocenters. The Morgan fingerprint density at radius 3 is 2.64 bits per heavy atom. The summed E-state index contributed by atoms with van der Waals surface area (Å²) < 4.78 is 5.67. The Hall–Kier alpha value is -1.83. The average Bonchev–Trinajstić information content (AvgIpc) is 2.67. The van der Waals surface area contributed by atoms with Crippen LogP contribution in [0.5, 0.6) is 5.75 Å². The topological polar surface area (TPSA) is 82.1 Å². The van der Waals surface area contributed by atoms with Gasteiger partial charge >= 0.3 is 5.97 Å². The maximum atomic E-state index is 12.8. The number of nitrogens with zero attached hydrogens (tertiary/aromatic N) is 2. The maximum Gasteiger partial charge on any atom is 0.317 e. The number of carboxylic acid groups (broad SMARTS) is 1. The van der Waals surface area contributed by atoms with Crippen molar-refractivity contribution < 1.29 is 19.4 Å². The molecule has 7 nitrogen and oxygen atoms in total. The van der Waals surface area contributed by atoms with Gasteiger partial charge in [-0.3, -0.25) is 19.4 Å². The highest BCUT2D eigenvalue weighted by molar-refractivity contribution is 5.85. The van der Waals surface area contributed by atoms with E-state index in [2.05, 4.69) is 10.2 Å². The van der Waals surface area contributed by atoms with Crippen LogP contribution in [-0.2, 0) is 9.59 Å². The van der Waals surface area contributed by atoms with E-state index in [9.17, 15) is 9.59 Å². The number of hydrogen-bond acceptors (Lipinski definition) is 5. The summed E-state index contributed by atoms with van der Waals surface area (Å²) in [6, 6.07) is 7.90. The van der Waals surface area contributed by atoms with Gasteiger partial charge in [0.25, 0.3) is 0 Å². The zero-order chi connectivity index (χ0) is 19.4. The predicted molar refractivity (Wildman–Crippen MR) is 109 cm³/mol. The first-order chi connectivity index (χ1) is 13.0. The van der Waals surface area contributed by atoms with Crippen LogP contribution in [0.15, 0.2) is 24.3 Å². The lowest BCUT2D eigenvalue weighted by Crippen LogP contribution is -2.52. The second-order valence-electron chi connectivity index (χ2n) is 7.49. The zero-order valence-corrected chi connectivity index (χ0v) is 17.3. The number of hydrogen-bond donors (Lipinski definition) is 2. The maximum absolute atomic E-state index is 12.8. The lowest BCUT2D eigenvalue weighted by Gasteiger charge is -2.39. The Kier molecular flexibility index (Phi) is 8.10. The highest BCUT2D eigenvalue weighted by atomic mass is 35.5. The number of halogens is 1. The Balaban J connectivity index is 0.00000280. The van der Waals surface area contributed by atoms with Gasteiger partial charge in [0.2, 0.25) is 5.91 Å². The number of fused-ring (bicyclic) bond motifs is 1. The number of nitrogens with one attached hydrogen (secondary N) is 1. The normalized spacial score (nSPS) is 21.2. The smallest absolute Gasteiger partial charge is 0.317 e. The monoisotopic (exact) mass is 411 g/mol. The van der Waals surface area contributed by atoms with Crippen LogP contribution in [0.25, 0.3) is 0 Å². The minimum atomic E-state index is -0.801. The van der Waals surface area contributed by atoms with Gasteiger partial charge in [-0.2, -0.15) is 0 Å². The minimum absolute atomic E-state index is 0. The summed E-state index contributed by atoms with van der Waals surface area (Å²) in [6.45, 7) is 4.21. The summed E-state index contributed by atoms with van der Waals surface area (Å²) >= 11 is 0. The van der Waals surface area contributed by atoms with Gasteiger partial charge in [-0.25, -0.2) is 0 Å². The number of para-hydroxylation sites is 1. The van der Waals surface area contributed by atoms with Gasteiger partial charge in [-0.1, -0.05) is 18.2 Å². The van der Waals surface area contributed by atoms with Crippen LogP contribution in [0.4, 0.5) is 0 Å². The number of aliphatic carboxylic acids is 1. The molecule has 1 amide bonds. The van der Waals surface area contributed by atoms with Crippen molar-refractivity contribution in [2.24, 2.45) is 0 Å². The standard InChI is InChI=1S/C20H29N3O4.ClH/c1-14(23-10-7-15(8-11-23)22(2)13-19(24)25)20(26)21-17-9-12-27-18-6-4-3-5-16(17)18;/h3-6,14-15,17H,7-13H2,1-2H3,(H,21,26)(H,24,25);1H.